The van der Waals surface area contributed by atoms with Gasteiger partial charge in [-0.1, -0.05) is 172 Å². The van der Waals surface area contributed by atoms with Gasteiger partial charge in [0.05, 0.1) is 31.8 Å². The summed E-state index contributed by atoms with van der Waals surface area (Å²) in [4.78, 5) is 109. The van der Waals surface area contributed by atoms with Gasteiger partial charge in [-0.2, -0.15) is 9.97 Å². The number of alkyl halides is 2. The number of rotatable bonds is 31. The summed E-state index contributed by atoms with van der Waals surface area (Å²) in [6, 6.07) is 34.0. The average Bonchev–Trinajstić information content (AvgIpc) is 1.60. The molecule has 6 N–H and O–H groups in total. The molecule has 0 aliphatic heterocycles. The first-order chi connectivity index (χ1) is 64.7. The van der Waals surface area contributed by atoms with Crippen molar-refractivity contribution in [3.63, 3.8) is 0 Å². The highest BCUT2D eigenvalue weighted by Crippen LogP contribution is 2.49. The number of benzene rings is 5. The maximum absolute atomic E-state index is 13.6. The van der Waals surface area contributed by atoms with Gasteiger partial charge in [0.15, 0.2) is 23.5 Å². The van der Waals surface area contributed by atoms with Crippen LogP contribution in [0, 0.1) is 113 Å². The van der Waals surface area contributed by atoms with E-state index in [2.05, 4.69) is 111 Å². The number of hydrogen-bond acceptors (Lipinski definition) is 15. The van der Waals surface area contributed by atoms with Gasteiger partial charge >= 0.3 is 24.2 Å². The number of urea groups is 1. The molecule has 3 aliphatic carbocycles. The fraction of sp³-hybridized carbons (Fsp3) is 0.495. The number of fused-ring (bicyclic) bond motifs is 4. The van der Waals surface area contributed by atoms with Crippen LogP contribution in [0.3, 0.4) is 0 Å². The summed E-state index contributed by atoms with van der Waals surface area (Å²) in [5.74, 6) is 7.43. The molecule has 30 nitrogen and oxygen atoms in total. The molecule has 6 heterocycles. The highest BCUT2D eigenvalue weighted by molar-refractivity contribution is 6.18. The molecule has 0 radical (unpaired) electrons. The second kappa shape index (κ2) is 46.0. The first-order valence-electron chi connectivity index (χ1n) is 47.2. The second-order valence-corrected chi connectivity index (χ2v) is 38.3. The number of aromatic nitrogens is 9. The summed E-state index contributed by atoms with van der Waals surface area (Å²) < 4.78 is 40.2. The van der Waals surface area contributed by atoms with Crippen molar-refractivity contribution in [2.45, 2.75) is 200 Å². The molecule has 0 spiro atoms. The molecule has 3 fully saturated rings. The Bertz CT molecular complexity index is 6110. The fourth-order valence-corrected chi connectivity index (χ4v) is 20.2. The van der Waals surface area contributed by atoms with Crippen molar-refractivity contribution in [3.8, 4) is 34.9 Å². The third-order valence-electron chi connectivity index (χ3n) is 27.0. The number of carbonyl (C=O) groups is 6. The Balaban J connectivity index is 0.000000183. The van der Waals surface area contributed by atoms with Crippen LogP contribution in [-0.2, 0) is 28.9 Å². The highest BCUT2D eigenvalue weighted by Gasteiger charge is 2.40. The molecule has 6 amide bonds. The van der Waals surface area contributed by atoms with Gasteiger partial charge in [0, 0.05) is 74.6 Å². The first-order valence-corrected chi connectivity index (χ1v) is 48.2. The number of carbonyl (C=O) groups excluding carboxylic acids is 6. The SMILES string of the molecule is [C-]#[N+]c1c(CC2C(C)CC(C)CC2C)c2nc(NC(=O)C(C)Oc3ccc(C)cc3C)[nH]n2c1OC(=O)N(CCCl)CCCl.[C-]#[N+]c1c(CC2C(C)CC(C)CC2C)c2nc(NC(=O)N(C)C)[nH]n2c1OC(=O)N(CC)CCOc1ccccc1.[C-]#[N+]c1c(CC2C(C)CCCC2C)c2nc(C(C)CNC(=O)C(CC)Oc3ccc(C)cc3C)[nH]n2c1OC(=O)c1ccc2ccccc2c1. The monoisotopic (exact) mass is 1880 g/mol. The summed E-state index contributed by atoms with van der Waals surface area (Å²) in [5, 5.41) is 19.9. The number of aryl methyl sites for hydroxylation is 4. The van der Waals surface area contributed by atoms with Crippen LogP contribution in [0.15, 0.2) is 109 Å². The van der Waals surface area contributed by atoms with Crippen molar-refractivity contribution in [1.29, 1.82) is 0 Å². The molecule has 135 heavy (non-hydrogen) atoms. The zero-order valence-corrected chi connectivity index (χ0v) is 82.4. The van der Waals surface area contributed by atoms with Crippen molar-refractivity contribution in [2.24, 2.45) is 65.1 Å². The molecule has 14 rings (SSSR count). The Morgan fingerprint density at radius 2 is 1.00 bits per heavy atom. The van der Waals surface area contributed by atoms with Gasteiger partial charge in [-0.3, -0.25) is 35.5 Å². The van der Waals surface area contributed by atoms with Crippen LogP contribution in [0.4, 0.5) is 43.3 Å². The van der Waals surface area contributed by atoms with Crippen LogP contribution in [-0.4, -0.2) is 172 Å². The summed E-state index contributed by atoms with van der Waals surface area (Å²) >= 11 is 11.8. The Labute approximate surface area is 801 Å². The van der Waals surface area contributed by atoms with Crippen molar-refractivity contribution in [1.82, 2.24) is 63.8 Å². The lowest BCUT2D eigenvalue weighted by molar-refractivity contribution is -0.128. The number of hydrogen-bond donors (Lipinski definition) is 6. The number of aromatic amines is 3. The molecule has 9 unspecified atom stereocenters. The molecular formula is C103H130Cl2N18O12. The summed E-state index contributed by atoms with van der Waals surface area (Å²) in [6.45, 7) is 59.6. The third-order valence-corrected chi connectivity index (χ3v) is 27.3. The maximum atomic E-state index is 13.6. The van der Waals surface area contributed by atoms with E-state index < -0.39 is 36.3 Å². The molecule has 6 aromatic heterocycles. The molecule has 11 aromatic rings. The van der Waals surface area contributed by atoms with E-state index in [1.807, 2.05) is 152 Å². The standard InChI is InChI=1S/C41H47N5O4.C32H42Cl2N6O4.C30H41N7O4/c1-8-34(49-35-19-16-24(2)20-27(35)5)39(47)43-23-28(6)37-44-38-33(22-32-25(3)12-11-13-26(32)4)36(42-7)40(46(38)45-37)50-41(48)31-18-17-29-14-9-10-15-30(29)21-31;1-18-8-9-26(22(5)14-18)43-23(6)29(41)37-31-36-28-25(17-24-20(3)15-19(2)16-21(24)4)27(35-7)30(40(28)38-31)44-32(42)39(12-10-33)13-11-34;1-8-36(14-15-40-22-12-10-9-11-13-22)30(39)41-27-25(31-5)24(18-23-20(3)16-19(2)17-21(23)4)26-32-28(34-37(26)27)33-29(38)35(6)7/h9-10,14-21,25-26,28,32,34H,8,11-13,22-23H2,1-6H3,(H,43,47)(H,44,45);8-9,14,19-21,23-24H,10-13,15-17H2,1-6H3,(H2,36,37,38,41);9-13,19-21,23H,8,14-18H2,1-4,6-7H3,(H2,32,33,34,38). The van der Waals surface area contributed by atoms with E-state index in [1.54, 1.807) is 31.6 Å². The lowest BCUT2D eigenvalue weighted by Crippen LogP contribution is -2.39. The molecular weight excluding hydrogens is 1750 g/mol. The van der Waals surface area contributed by atoms with Gasteiger partial charge in [0.1, 0.15) is 35.3 Å². The van der Waals surface area contributed by atoms with Crippen molar-refractivity contribution < 1.29 is 57.2 Å². The molecule has 0 saturated heterocycles. The molecule has 718 valence electrons. The van der Waals surface area contributed by atoms with Gasteiger partial charge in [0.2, 0.25) is 29.5 Å². The van der Waals surface area contributed by atoms with Gasteiger partial charge in [0.25, 0.3) is 28.9 Å². The first kappa shape index (κ1) is 101. The van der Waals surface area contributed by atoms with E-state index in [9.17, 15) is 28.8 Å². The van der Waals surface area contributed by atoms with E-state index in [-0.39, 0.29) is 90.2 Å². The highest BCUT2D eigenvalue weighted by atomic mass is 35.5. The number of amides is 6. The average molecular weight is 1880 g/mol. The Hall–Kier alpha value is -12.7. The van der Waals surface area contributed by atoms with Crippen LogP contribution in [0.1, 0.15) is 195 Å². The number of nitrogens with one attached hydrogen (secondary N) is 6. The number of halogens is 2. The van der Waals surface area contributed by atoms with Crippen molar-refractivity contribution >= 4 is 116 Å². The van der Waals surface area contributed by atoms with Crippen LogP contribution in [0.2, 0.25) is 0 Å². The largest absolute Gasteiger partial charge is 0.492 e. The minimum Gasteiger partial charge on any atom is -0.492 e. The Kier molecular flexibility index (Phi) is 34.5. The van der Waals surface area contributed by atoms with Crippen molar-refractivity contribution in [3.05, 3.63) is 194 Å². The Morgan fingerprint density at radius 1 is 0.533 bits per heavy atom. The van der Waals surface area contributed by atoms with E-state index in [0.717, 1.165) is 88.4 Å². The van der Waals surface area contributed by atoms with E-state index in [0.29, 0.717) is 161 Å². The van der Waals surface area contributed by atoms with Crippen molar-refractivity contribution in [2.75, 3.05) is 75.8 Å². The molecule has 32 heteroatoms. The van der Waals surface area contributed by atoms with Crippen LogP contribution >= 0.6 is 23.2 Å². The summed E-state index contributed by atoms with van der Waals surface area (Å²) in [6.07, 6.45) is 7.65. The maximum Gasteiger partial charge on any atom is 0.415 e. The topological polar surface area (TPSA) is 316 Å². The van der Waals surface area contributed by atoms with Gasteiger partial charge in [-0.25, -0.2) is 52.2 Å². The Morgan fingerprint density at radius 3 is 1.49 bits per heavy atom. The zero-order valence-electron chi connectivity index (χ0n) is 80.9. The van der Waals surface area contributed by atoms with Gasteiger partial charge < -0.3 is 48.4 Å². The number of para-hydroxylation sites is 1. The minimum absolute atomic E-state index is 0.0150. The lowest BCUT2D eigenvalue weighted by Gasteiger charge is -2.38. The summed E-state index contributed by atoms with van der Waals surface area (Å²) in [7, 11) is 3.27. The smallest absolute Gasteiger partial charge is 0.415 e. The summed E-state index contributed by atoms with van der Waals surface area (Å²) in [5.41, 5.74) is 9.01. The van der Waals surface area contributed by atoms with Crippen LogP contribution < -0.4 is 44.4 Å². The predicted octanol–water partition coefficient (Wildman–Crippen LogP) is 22.3. The van der Waals surface area contributed by atoms with Gasteiger partial charge in [-0.05, 0) is 216 Å². The second-order valence-electron chi connectivity index (χ2n) is 37.6. The van der Waals surface area contributed by atoms with Crippen LogP contribution in [0.25, 0.3) is 42.2 Å². The van der Waals surface area contributed by atoms with Crippen LogP contribution in [0.5, 0.6) is 34.9 Å². The predicted molar refractivity (Wildman–Crippen MR) is 527 cm³/mol. The number of anilines is 2. The molecule has 9 atom stereocenters. The molecule has 3 aliphatic rings. The molecule has 5 aromatic carbocycles. The normalized spacial score (nSPS) is 19.8. The number of nitrogens with zero attached hydrogens (tertiary/aromatic N) is 12. The number of ether oxygens (including phenoxy) is 6. The number of esters is 1. The third kappa shape index (κ3) is 24.3. The minimum atomic E-state index is -0.818. The lowest BCUT2D eigenvalue weighted by atomic mass is 9.67. The fourth-order valence-electron chi connectivity index (χ4n) is 19.8. The zero-order chi connectivity index (χ0) is 97.3. The molecule has 0 bridgehead atoms. The van der Waals surface area contributed by atoms with Gasteiger partial charge in [-0.15, -0.1) is 23.2 Å². The number of likely N-dealkylation sites (N-methyl/N-ethyl adjacent to an activating group) is 1. The van der Waals surface area contributed by atoms with E-state index in [4.69, 9.17) is 76.3 Å². The van der Waals surface area contributed by atoms with E-state index in [1.165, 1.54) is 30.2 Å². The molecule has 3 saturated carbocycles. The number of H-pyrrole nitrogens is 3. The van der Waals surface area contributed by atoms with E-state index >= 15 is 0 Å². The quantitative estimate of drug-likeness (QED) is 0.0134.